The van der Waals surface area contributed by atoms with Gasteiger partial charge in [-0.25, -0.2) is 4.98 Å². The van der Waals surface area contributed by atoms with Gasteiger partial charge in [-0.05, 0) is 5.56 Å². The lowest BCUT2D eigenvalue weighted by atomic mass is 10.1. The van der Waals surface area contributed by atoms with Crippen molar-refractivity contribution in [2.75, 3.05) is 6.54 Å². The number of benzene rings is 1. The predicted molar refractivity (Wildman–Crippen MR) is 76.2 cm³/mol. The number of aliphatic hydroxyl groups excluding tert-OH is 1. The molecule has 2 heterocycles. The van der Waals surface area contributed by atoms with E-state index in [-0.39, 0.29) is 0 Å². The first-order valence-corrected chi connectivity index (χ1v) is 7.06. The molecule has 1 atom stereocenters. The third-order valence-corrected chi connectivity index (χ3v) is 3.74. The molecule has 0 saturated carbocycles. The Kier molecular flexibility index (Phi) is 3.59. The molecule has 2 N–H and O–H groups in total. The summed E-state index contributed by atoms with van der Waals surface area (Å²) in [6.07, 6.45) is 3.52. The van der Waals surface area contributed by atoms with E-state index in [0.29, 0.717) is 13.1 Å². The van der Waals surface area contributed by atoms with Crippen molar-refractivity contribution in [1.29, 1.82) is 0 Å². The summed E-state index contributed by atoms with van der Waals surface area (Å²) >= 11 is 1.62. The predicted octanol–water partition coefficient (Wildman–Crippen LogP) is 2.22. The van der Waals surface area contributed by atoms with Gasteiger partial charge in [-0.3, -0.25) is 4.40 Å². The average molecular weight is 273 g/mol. The van der Waals surface area contributed by atoms with E-state index in [1.165, 1.54) is 0 Å². The highest BCUT2D eigenvalue weighted by atomic mass is 32.1. The molecule has 0 saturated heterocycles. The lowest BCUT2D eigenvalue weighted by molar-refractivity contribution is 0.174. The molecule has 0 bridgehead atoms. The lowest BCUT2D eigenvalue weighted by Crippen LogP contribution is -2.21. The summed E-state index contributed by atoms with van der Waals surface area (Å²) < 4.78 is 2.01. The Labute approximate surface area is 115 Å². The van der Waals surface area contributed by atoms with Crippen LogP contribution in [-0.2, 0) is 6.54 Å². The average Bonchev–Trinajstić information content (AvgIpc) is 3.00. The van der Waals surface area contributed by atoms with Gasteiger partial charge in [-0.15, -0.1) is 11.3 Å². The molecule has 0 aliphatic heterocycles. The molecular weight excluding hydrogens is 258 g/mol. The maximum atomic E-state index is 10.0. The second kappa shape index (κ2) is 5.52. The van der Waals surface area contributed by atoms with E-state index in [1.807, 2.05) is 52.5 Å². The molecule has 0 aliphatic carbocycles. The Morgan fingerprint density at radius 3 is 2.95 bits per heavy atom. The number of hydrogen-bond acceptors (Lipinski definition) is 4. The number of rotatable bonds is 5. The van der Waals surface area contributed by atoms with Crippen LogP contribution in [0.4, 0.5) is 0 Å². The van der Waals surface area contributed by atoms with Crippen molar-refractivity contribution in [3.8, 4) is 0 Å². The molecule has 1 unspecified atom stereocenters. The summed E-state index contributed by atoms with van der Waals surface area (Å²) in [6.45, 7) is 1.19. The van der Waals surface area contributed by atoms with Crippen molar-refractivity contribution in [1.82, 2.24) is 14.7 Å². The van der Waals surface area contributed by atoms with Crippen LogP contribution in [0.3, 0.4) is 0 Å². The van der Waals surface area contributed by atoms with Gasteiger partial charge in [0, 0.05) is 30.9 Å². The molecule has 0 radical (unpaired) electrons. The van der Waals surface area contributed by atoms with Crippen molar-refractivity contribution >= 4 is 16.3 Å². The second-order valence-corrected chi connectivity index (χ2v) is 5.26. The van der Waals surface area contributed by atoms with Crippen LogP contribution in [0, 0.1) is 0 Å². The topological polar surface area (TPSA) is 49.6 Å². The highest BCUT2D eigenvalue weighted by Gasteiger charge is 2.07. The molecule has 3 rings (SSSR count). The molecule has 98 valence electrons. The zero-order valence-electron chi connectivity index (χ0n) is 10.4. The van der Waals surface area contributed by atoms with Crippen molar-refractivity contribution in [3.63, 3.8) is 0 Å². The fourth-order valence-electron chi connectivity index (χ4n) is 1.99. The molecule has 2 aromatic heterocycles. The molecule has 19 heavy (non-hydrogen) atoms. The van der Waals surface area contributed by atoms with Crippen molar-refractivity contribution in [3.05, 3.63) is 59.4 Å². The number of nitrogens with zero attached hydrogens (tertiary/aromatic N) is 2. The van der Waals surface area contributed by atoms with E-state index < -0.39 is 6.10 Å². The summed E-state index contributed by atoms with van der Waals surface area (Å²) in [5.74, 6) is 0. The summed E-state index contributed by atoms with van der Waals surface area (Å²) in [5.41, 5.74) is 1.92. The fraction of sp³-hybridized carbons (Fsp3) is 0.214. The van der Waals surface area contributed by atoms with Crippen molar-refractivity contribution in [2.45, 2.75) is 12.6 Å². The molecule has 0 spiro atoms. The highest BCUT2D eigenvalue weighted by Crippen LogP contribution is 2.12. The minimum Gasteiger partial charge on any atom is -0.387 e. The van der Waals surface area contributed by atoms with E-state index in [1.54, 1.807) is 11.3 Å². The van der Waals surface area contributed by atoms with E-state index >= 15 is 0 Å². The quantitative estimate of drug-likeness (QED) is 0.749. The Morgan fingerprint density at radius 2 is 2.16 bits per heavy atom. The molecule has 0 aliphatic rings. The SMILES string of the molecule is OC(CNCc1cn2ccsc2n1)c1ccccc1. The zero-order chi connectivity index (χ0) is 13.1. The summed E-state index contributed by atoms with van der Waals surface area (Å²) in [6, 6.07) is 9.67. The number of aromatic nitrogens is 2. The van der Waals surface area contributed by atoms with E-state index in [9.17, 15) is 5.11 Å². The van der Waals surface area contributed by atoms with Crippen LogP contribution in [-0.4, -0.2) is 21.0 Å². The van der Waals surface area contributed by atoms with Crippen LogP contribution in [0.15, 0.2) is 48.1 Å². The van der Waals surface area contributed by atoms with E-state index in [4.69, 9.17) is 0 Å². The number of hydrogen-bond donors (Lipinski definition) is 2. The first-order chi connectivity index (χ1) is 9.33. The number of fused-ring (bicyclic) bond motifs is 1. The molecule has 0 fully saturated rings. The normalized spacial score (nSPS) is 12.9. The van der Waals surface area contributed by atoms with E-state index in [2.05, 4.69) is 10.3 Å². The van der Waals surface area contributed by atoms with Crippen LogP contribution < -0.4 is 5.32 Å². The Balaban J connectivity index is 1.54. The molecule has 3 aromatic rings. The highest BCUT2D eigenvalue weighted by molar-refractivity contribution is 7.15. The lowest BCUT2D eigenvalue weighted by Gasteiger charge is -2.11. The van der Waals surface area contributed by atoms with Crippen molar-refractivity contribution in [2.24, 2.45) is 0 Å². The van der Waals surface area contributed by atoms with Gasteiger partial charge < -0.3 is 10.4 Å². The minimum absolute atomic E-state index is 0.482. The molecule has 5 heteroatoms. The zero-order valence-corrected chi connectivity index (χ0v) is 11.2. The Hall–Kier alpha value is -1.69. The second-order valence-electron chi connectivity index (χ2n) is 4.38. The third-order valence-electron chi connectivity index (χ3n) is 2.97. The number of aliphatic hydroxyl groups is 1. The first-order valence-electron chi connectivity index (χ1n) is 6.18. The maximum Gasteiger partial charge on any atom is 0.193 e. The molecular formula is C14H15N3OS. The molecule has 0 amide bonds. The largest absolute Gasteiger partial charge is 0.387 e. The summed E-state index contributed by atoms with van der Waals surface area (Å²) in [5, 5.41) is 15.3. The van der Waals surface area contributed by atoms with Gasteiger partial charge in [-0.2, -0.15) is 0 Å². The van der Waals surface area contributed by atoms with Gasteiger partial charge in [-0.1, -0.05) is 30.3 Å². The number of nitrogens with one attached hydrogen (secondary N) is 1. The van der Waals surface area contributed by atoms with Crippen LogP contribution >= 0.6 is 11.3 Å². The standard InChI is InChI=1S/C14H15N3OS/c18-13(11-4-2-1-3-5-11)9-15-8-12-10-17-6-7-19-14(17)16-12/h1-7,10,13,15,18H,8-9H2. The van der Waals surface area contributed by atoms with Crippen LogP contribution in [0.5, 0.6) is 0 Å². The van der Waals surface area contributed by atoms with E-state index in [0.717, 1.165) is 16.2 Å². The smallest absolute Gasteiger partial charge is 0.193 e. The minimum atomic E-state index is -0.482. The van der Waals surface area contributed by atoms with Gasteiger partial charge in [0.1, 0.15) is 0 Å². The number of imidazole rings is 1. The summed E-state index contributed by atoms with van der Waals surface area (Å²) in [7, 11) is 0. The Morgan fingerprint density at radius 1 is 1.32 bits per heavy atom. The van der Waals surface area contributed by atoms with Gasteiger partial charge in [0.15, 0.2) is 4.96 Å². The fourth-order valence-corrected chi connectivity index (χ4v) is 2.71. The van der Waals surface area contributed by atoms with Gasteiger partial charge in [0.2, 0.25) is 0 Å². The molecule has 1 aromatic carbocycles. The van der Waals surface area contributed by atoms with Gasteiger partial charge >= 0.3 is 0 Å². The van der Waals surface area contributed by atoms with Crippen LogP contribution in [0.1, 0.15) is 17.4 Å². The van der Waals surface area contributed by atoms with Gasteiger partial charge in [0.25, 0.3) is 0 Å². The number of thiazole rings is 1. The third kappa shape index (κ3) is 2.84. The monoisotopic (exact) mass is 273 g/mol. The molecule has 4 nitrogen and oxygen atoms in total. The van der Waals surface area contributed by atoms with Crippen LogP contribution in [0.25, 0.3) is 4.96 Å². The van der Waals surface area contributed by atoms with Crippen LogP contribution in [0.2, 0.25) is 0 Å². The summed E-state index contributed by atoms with van der Waals surface area (Å²) in [4.78, 5) is 5.48. The Bertz CT molecular complexity index is 618. The van der Waals surface area contributed by atoms with Crippen molar-refractivity contribution < 1.29 is 5.11 Å². The maximum absolute atomic E-state index is 10.0. The first kappa shape index (κ1) is 12.3. The van der Waals surface area contributed by atoms with Gasteiger partial charge in [0.05, 0.1) is 11.8 Å².